The van der Waals surface area contributed by atoms with Gasteiger partial charge in [-0.25, -0.2) is 14.5 Å². The standard InChI is InChI=1S/C44H52ClN11O/c1-2-44(43(57)51-34-4-3-5-34)16-20-54(21-17-44)40-13-6-30(24-48-40)41-42-31(23-46)25-50-56(42)28-39(52-41)32-26-49-55(27-32)36-10-8-35(9-11-36)53-18-14-29(15-19-53)37-12-7-33(47)22-38(37)45/h6-7,12-13,22,24-29,34-36H,2-5,8-11,14-21,47H2,1H3,(H,51,57). The number of amides is 1. The molecule has 4 fully saturated rings. The van der Waals surface area contributed by atoms with Crippen molar-refractivity contribution in [2.75, 3.05) is 36.8 Å². The van der Waals surface area contributed by atoms with Gasteiger partial charge in [-0.15, -0.1) is 0 Å². The number of nitrogens with one attached hydrogen (secondary N) is 1. The van der Waals surface area contributed by atoms with Crippen molar-refractivity contribution in [1.29, 1.82) is 5.26 Å². The van der Waals surface area contributed by atoms with Crippen molar-refractivity contribution in [3.63, 3.8) is 0 Å². The van der Waals surface area contributed by atoms with Gasteiger partial charge < -0.3 is 20.9 Å². The van der Waals surface area contributed by atoms with E-state index in [1.54, 1.807) is 10.7 Å². The van der Waals surface area contributed by atoms with Crippen LogP contribution in [0.15, 0.2) is 61.3 Å². The number of aromatic nitrogens is 6. The molecule has 2 saturated carbocycles. The Hall–Kier alpha value is -4.99. The SMILES string of the molecule is CCC1(C(=O)NC2CCC2)CCN(c2ccc(-c3nc(-c4cnn(C5CCC(N6CCC(c7ccc(N)cc7Cl)CC6)CC5)c4)cn4ncc(C#N)c34)cn2)CC1. The fourth-order valence-corrected chi connectivity index (χ4v) is 10.1. The molecule has 0 atom stereocenters. The molecule has 2 aliphatic heterocycles. The fourth-order valence-electron chi connectivity index (χ4n) is 9.75. The lowest BCUT2D eigenvalue weighted by Crippen LogP contribution is -2.52. The molecule has 12 nitrogen and oxygen atoms in total. The Morgan fingerprint density at radius 3 is 2.37 bits per heavy atom. The van der Waals surface area contributed by atoms with Gasteiger partial charge in [-0.3, -0.25) is 9.48 Å². The third kappa shape index (κ3) is 7.36. The molecule has 2 aliphatic carbocycles. The summed E-state index contributed by atoms with van der Waals surface area (Å²) in [6.45, 7) is 5.90. The summed E-state index contributed by atoms with van der Waals surface area (Å²) in [7, 11) is 0. The molecule has 9 rings (SSSR count). The highest BCUT2D eigenvalue weighted by Gasteiger charge is 2.41. The maximum atomic E-state index is 13.3. The van der Waals surface area contributed by atoms with E-state index >= 15 is 0 Å². The summed E-state index contributed by atoms with van der Waals surface area (Å²) in [6.07, 6.45) is 21.9. The number of carbonyl (C=O) groups is 1. The van der Waals surface area contributed by atoms with Gasteiger partial charge in [-0.05, 0) is 126 Å². The number of hydrogen-bond donors (Lipinski definition) is 2. The second kappa shape index (κ2) is 15.7. The third-order valence-corrected chi connectivity index (χ3v) is 14.1. The largest absolute Gasteiger partial charge is 0.399 e. The zero-order valence-corrected chi connectivity index (χ0v) is 33.5. The third-order valence-electron chi connectivity index (χ3n) is 13.7. The number of nitrogen functional groups attached to an aromatic ring is 1. The van der Waals surface area contributed by atoms with Crippen molar-refractivity contribution in [3.8, 4) is 28.6 Å². The number of nitrogens with zero attached hydrogens (tertiary/aromatic N) is 9. The zero-order valence-electron chi connectivity index (χ0n) is 32.8. The van der Waals surface area contributed by atoms with Crippen molar-refractivity contribution in [2.24, 2.45) is 5.41 Å². The van der Waals surface area contributed by atoms with Crippen LogP contribution in [0.1, 0.15) is 107 Å². The van der Waals surface area contributed by atoms with E-state index in [1.165, 1.54) is 12.0 Å². The number of halogens is 1. The fraction of sp³-hybridized carbons (Fsp3) is 0.500. The van der Waals surface area contributed by atoms with E-state index in [1.807, 2.05) is 42.9 Å². The molecule has 0 bridgehead atoms. The first-order valence-corrected chi connectivity index (χ1v) is 21.3. The van der Waals surface area contributed by atoms with E-state index in [4.69, 9.17) is 32.4 Å². The van der Waals surface area contributed by atoms with Gasteiger partial charge in [0.05, 0.1) is 41.4 Å². The predicted molar refractivity (Wildman–Crippen MR) is 223 cm³/mol. The molecule has 296 valence electrons. The molecule has 4 aliphatic rings. The van der Waals surface area contributed by atoms with E-state index < -0.39 is 0 Å². The van der Waals surface area contributed by atoms with Crippen molar-refractivity contribution < 1.29 is 4.79 Å². The van der Waals surface area contributed by atoms with Crippen molar-refractivity contribution in [3.05, 3.63) is 77.5 Å². The lowest BCUT2D eigenvalue weighted by molar-refractivity contribution is -0.133. The molecule has 0 unspecified atom stereocenters. The van der Waals surface area contributed by atoms with Gasteiger partial charge in [-0.2, -0.15) is 15.5 Å². The van der Waals surface area contributed by atoms with Gasteiger partial charge in [0.2, 0.25) is 5.91 Å². The number of nitriles is 1. The van der Waals surface area contributed by atoms with E-state index in [0.717, 1.165) is 130 Å². The topological polar surface area (TPSA) is 146 Å². The average Bonchev–Trinajstić information content (AvgIpc) is 3.90. The summed E-state index contributed by atoms with van der Waals surface area (Å²) in [5.41, 5.74) is 11.8. The number of fused-ring (bicyclic) bond motifs is 1. The van der Waals surface area contributed by atoms with Crippen LogP contribution in [-0.2, 0) is 4.79 Å². The first kappa shape index (κ1) is 37.6. The molecule has 4 aromatic heterocycles. The van der Waals surface area contributed by atoms with Crippen LogP contribution in [0, 0.1) is 16.7 Å². The average molecular weight is 786 g/mol. The minimum Gasteiger partial charge on any atom is -0.399 e. The number of pyridine rings is 1. The minimum atomic E-state index is -0.307. The molecule has 5 aromatic rings. The number of nitrogens with two attached hydrogens (primary N) is 1. The molecular formula is C44H52ClN11O. The van der Waals surface area contributed by atoms with Crippen molar-refractivity contribution in [2.45, 2.75) is 108 Å². The van der Waals surface area contributed by atoms with Gasteiger partial charge >= 0.3 is 0 Å². The summed E-state index contributed by atoms with van der Waals surface area (Å²) in [6, 6.07) is 13.6. The molecule has 3 N–H and O–H groups in total. The second-order valence-electron chi connectivity index (χ2n) is 16.8. The van der Waals surface area contributed by atoms with Crippen LogP contribution in [0.2, 0.25) is 5.02 Å². The molecule has 1 amide bonds. The Morgan fingerprint density at radius 1 is 0.930 bits per heavy atom. The molecule has 0 radical (unpaired) electrons. The Labute approximate surface area is 339 Å². The maximum absolute atomic E-state index is 13.3. The first-order chi connectivity index (χ1) is 27.8. The Bertz CT molecular complexity index is 2270. The van der Waals surface area contributed by atoms with Crippen LogP contribution in [0.25, 0.3) is 28.0 Å². The number of rotatable bonds is 9. The lowest BCUT2D eigenvalue weighted by Gasteiger charge is -2.42. The summed E-state index contributed by atoms with van der Waals surface area (Å²) in [4.78, 5) is 28.3. The molecular weight excluding hydrogens is 734 g/mol. The summed E-state index contributed by atoms with van der Waals surface area (Å²) in [5.74, 6) is 1.60. The summed E-state index contributed by atoms with van der Waals surface area (Å²) in [5, 5.41) is 23.5. The Morgan fingerprint density at radius 2 is 1.70 bits per heavy atom. The Kier molecular flexibility index (Phi) is 10.4. The van der Waals surface area contributed by atoms with Gasteiger partial charge in [0.1, 0.15) is 23.0 Å². The lowest BCUT2D eigenvalue weighted by atomic mass is 9.74. The molecule has 57 heavy (non-hydrogen) atoms. The van der Waals surface area contributed by atoms with E-state index in [9.17, 15) is 10.1 Å². The smallest absolute Gasteiger partial charge is 0.226 e. The van der Waals surface area contributed by atoms with Gasteiger partial charge in [0.15, 0.2) is 0 Å². The number of carbonyl (C=O) groups excluding carboxylic acids is 1. The molecule has 0 spiro atoms. The number of anilines is 2. The first-order valence-electron chi connectivity index (χ1n) is 20.9. The normalized spacial score (nSPS) is 21.9. The van der Waals surface area contributed by atoms with Crippen LogP contribution in [0.5, 0.6) is 0 Å². The van der Waals surface area contributed by atoms with Crippen LogP contribution >= 0.6 is 11.6 Å². The van der Waals surface area contributed by atoms with Crippen LogP contribution in [0.4, 0.5) is 11.5 Å². The van der Waals surface area contributed by atoms with Gasteiger partial charge in [0, 0.05) is 59.4 Å². The number of likely N-dealkylation sites (tertiary alicyclic amines) is 1. The van der Waals surface area contributed by atoms with Gasteiger partial charge in [-0.1, -0.05) is 24.6 Å². The highest BCUT2D eigenvalue weighted by molar-refractivity contribution is 6.31. The van der Waals surface area contributed by atoms with Crippen molar-refractivity contribution >= 4 is 34.5 Å². The summed E-state index contributed by atoms with van der Waals surface area (Å²) < 4.78 is 3.87. The number of piperidine rings is 2. The quantitative estimate of drug-likeness (QED) is 0.143. The Balaban J connectivity index is 0.860. The van der Waals surface area contributed by atoms with Crippen molar-refractivity contribution in [1.82, 2.24) is 39.6 Å². The summed E-state index contributed by atoms with van der Waals surface area (Å²) >= 11 is 6.56. The maximum Gasteiger partial charge on any atom is 0.226 e. The van der Waals surface area contributed by atoms with Gasteiger partial charge in [0.25, 0.3) is 0 Å². The van der Waals surface area contributed by atoms with E-state index in [0.29, 0.717) is 40.8 Å². The second-order valence-corrected chi connectivity index (χ2v) is 17.2. The van der Waals surface area contributed by atoms with E-state index in [2.05, 4.69) is 50.2 Å². The molecule has 6 heterocycles. The van der Waals surface area contributed by atoms with E-state index in [-0.39, 0.29) is 11.3 Å². The van der Waals surface area contributed by atoms with Crippen LogP contribution in [0.3, 0.4) is 0 Å². The zero-order chi connectivity index (χ0) is 39.1. The highest BCUT2D eigenvalue weighted by atomic mass is 35.5. The molecule has 13 heteroatoms. The highest BCUT2D eigenvalue weighted by Crippen LogP contribution is 2.40. The number of hydrogen-bond acceptors (Lipinski definition) is 9. The number of benzene rings is 1. The monoisotopic (exact) mass is 785 g/mol. The van der Waals surface area contributed by atoms with Crippen LogP contribution < -0.4 is 16.0 Å². The van der Waals surface area contributed by atoms with Crippen LogP contribution in [-0.4, -0.2) is 78.4 Å². The molecule has 1 aromatic carbocycles. The minimum absolute atomic E-state index is 0.226. The molecule has 2 saturated heterocycles. The predicted octanol–water partition coefficient (Wildman–Crippen LogP) is 7.79.